The third-order valence-electron chi connectivity index (χ3n) is 5.19. The second-order valence-corrected chi connectivity index (χ2v) is 7.89. The molecule has 33 heavy (non-hydrogen) atoms. The van der Waals surface area contributed by atoms with E-state index in [1.807, 2.05) is 60.7 Å². The zero-order chi connectivity index (χ0) is 23.6. The van der Waals surface area contributed by atoms with E-state index in [4.69, 9.17) is 16.4 Å². The molecule has 0 radical (unpaired) electrons. The summed E-state index contributed by atoms with van der Waals surface area (Å²) < 4.78 is 38.6. The number of alkyl halides is 3. The van der Waals surface area contributed by atoms with Crippen LogP contribution in [0.5, 0.6) is 0 Å². The van der Waals surface area contributed by atoms with Crippen LogP contribution < -0.4 is 15.5 Å². The lowest BCUT2D eigenvalue weighted by atomic mass is 10.0. The molecule has 1 saturated heterocycles. The minimum atomic E-state index is -4.57. The summed E-state index contributed by atoms with van der Waals surface area (Å²) in [6.07, 6.45) is -4.38. The second-order valence-electron chi connectivity index (χ2n) is 7.48. The van der Waals surface area contributed by atoms with Crippen LogP contribution in [0.3, 0.4) is 0 Å². The van der Waals surface area contributed by atoms with Gasteiger partial charge < -0.3 is 0 Å². The Labute approximate surface area is 193 Å². The molecule has 3 aromatic rings. The molecule has 1 fully saturated rings. The average molecular weight is 477 g/mol. The first-order valence-corrected chi connectivity index (χ1v) is 10.4. The molecule has 1 aliphatic rings. The van der Waals surface area contributed by atoms with Crippen molar-refractivity contribution in [1.82, 2.24) is 10.4 Å². The van der Waals surface area contributed by atoms with Gasteiger partial charge in [0.1, 0.15) is 0 Å². The summed E-state index contributed by atoms with van der Waals surface area (Å²) in [7, 11) is 1.44. The predicted octanol–water partition coefficient (Wildman–Crippen LogP) is 5.17. The molecular weight excluding hydrogens is 457 g/mol. The minimum Gasteiger partial charge on any atom is -0.270 e. The number of hydroxylamine groups is 1. The zero-order valence-electron chi connectivity index (χ0n) is 17.5. The number of benzene rings is 2. The molecule has 0 unspecified atom stereocenters. The van der Waals surface area contributed by atoms with Crippen molar-refractivity contribution in [2.24, 2.45) is 0 Å². The van der Waals surface area contributed by atoms with Gasteiger partial charge in [0, 0.05) is 19.7 Å². The van der Waals surface area contributed by atoms with Gasteiger partial charge in [0.2, 0.25) is 0 Å². The smallest absolute Gasteiger partial charge is 0.270 e. The van der Waals surface area contributed by atoms with Gasteiger partial charge >= 0.3 is 6.18 Å². The maximum absolute atomic E-state index is 13.0. The Kier molecular flexibility index (Phi) is 6.44. The van der Waals surface area contributed by atoms with Crippen LogP contribution in [-0.2, 0) is 15.8 Å². The molecule has 4 rings (SSSR count). The third kappa shape index (κ3) is 5.04. The lowest BCUT2D eigenvalue weighted by Gasteiger charge is -2.25. The van der Waals surface area contributed by atoms with Gasteiger partial charge in [-0.3, -0.25) is 20.1 Å². The SMILES string of the molecule is CN(NC(=O)[C@@H]1C[C@H](c2ccccc2)N(c2ccccc2)O1)c1ncc(C(F)(F)F)cc1Cl. The summed E-state index contributed by atoms with van der Waals surface area (Å²) >= 11 is 5.98. The number of carbonyl (C=O) groups excluding carboxylic acids is 1. The fourth-order valence-corrected chi connectivity index (χ4v) is 3.89. The Balaban J connectivity index is 1.51. The van der Waals surface area contributed by atoms with E-state index in [1.165, 1.54) is 12.1 Å². The topological polar surface area (TPSA) is 57.7 Å². The summed E-state index contributed by atoms with van der Waals surface area (Å²) in [5.74, 6) is -0.495. The number of nitrogens with zero attached hydrogens (tertiary/aromatic N) is 3. The van der Waals surface area contributed by atoms with Gasteiger partial charge in [0.05, 0.1) is 22.3 Å². The number of hydrogen-bond acceptors (Lipinski definition) is 5. The molecule has 1 amide bonds. The molecule has 1 aliphatic heterocycles. The molecule has 0 spiro atoms. The molecule has 1 N–H and O–H groups in total. The summed E-state index contributed by atoms with van der Waals surface area (Å²) in [5, 5.41) is 2.63. The highest BCUT2D eigenvalue weighted by molar-refractivity contribution is 6.33. The average Bonchev–Trinajstić information content (AvgIpc) is 3.25. The van der Waals surface area contributed by atoms with Gasteiger partial charge in [-0.05, 0) is 23.8 Å². The number of nitrogens with one attached hydrogen (secondary N) is 1. The first-order valence-electron chi connectivity index (χ1n) is 10.1. The molecule has 2 aromatic carbocycles. The number of hydrogen-bond donors (Lipinski definition) is 1. The van der Waals surface area contributed by atoms with Gasteiger partial charge in [-0.2, -0.15) is 13.2 Å². The Morgan fingerprint density at radius 3 is 2.39 bits per heavy atom. The van der Waals surface area contributed by atoms with Crippen molar-refractivity contribution in [2.45, 2.75) is 24.7 Å². The van der Waals surface area contributed by atoms with E-state index in [-0.39, 0.29) is 16.9 Å². The van der Waals surface area contributed by atoms with E-state index < -0.39 is 23.8 Å². The molecule has 0 bridgehead atoms. The number of halogens is 4. The quantitative estimate of drug-likeness (QED) is 0.515. The molecule has 6 nitrogen and oxygen atoms in total. The highest BCUT2D eigenvalue weighted by Crippen LogP contribution is 2.38. The van der Waals surface area contributed by atoms with Crippen LogP contribution in [0.15, 0.2) is 72.9 Å². The number of rotatable bonds is 5. The van der Waals surface area contributed by atoms with Crippen LogP contribution in [0.25, 0.3) is 0 Å². The summed E-state index contributed by atoms with van der Waals surface area (Å²) in [6, 6.07) is 19.6. The number of pyridine rings is 1. The van der Waals surface area contributed by atoms with E-state index in [1.54, 1.807) is 5.06 Å². The lowest BCUT2D eigenvalue weighted by molar-refractivity contribution is -0.137. The van der Waals surface area contributed by atoms with Crippen LogP contribution in [0.2, 0.25) is 5.02 Å². The summed E-state index contributed by atoms with van der Waals surface area (Å²) in [5.41, 5.74) is 3.40. The fourth-order valence-electron chi connectivity index (χ4n) is 3.59. The van der Waals surface area contributed by atoms with E-state index in [0.29, 0.717) is 12.6 Å². The number of carbonyl (C=O) groups is 1. The van der Waals surface area contributed by atoms with Crippen LogP contribution in [-0.4, -0.2) is 24.0 Å². The van der Waals surface area contributed by atoms with Crippen LogP contribution in [0, 0.1) is 0 Å². The maximum atomic E-state index is 13.0. The molecule has 1 aromatic heterocycles. The van der Waals surface area contributed by atoms with Gasteiger partial charge in [0.15, 0.2) is 11.9 Å². The van der Waals surface area contributed by atoms with Gasteiger partial charge in [-0.25, -0.2) is 10.0 Å². The first kappa shape index (κ1) is 22.9. The predicted molar refractivity (Wildman–Crippen MR) is 118 cm³/mol. The Bertz CT molecular complexity index is 1070. The second kappa shape index (κ2) is 9.29. The molecular formula is C23H20ClF3N4O2. The third-order valence-corrected chi connectivity index (χ3v) is 5.47. The van der Waals surface area contributed by atoms with Crippen LogP contribution in [0.4, 0.5) is 24.7 Å². The van der Waals surface area contributed by atoms with Crippen molar-refractivity contribution in [3.05, 3.63) is 89.1 Å². The lowest BCUT2D eigenvalue weighted by Crippen LogP contribution is -2.45. The number of hydrazine groups is 1. The van der Waals surface area contributed by atoms with Crippen molar-refractivity contribution in [3.8, 4) is 0 Å². The highest BCUT2D eigenvalue weighted by Gasteiger charge is 2.39. The monoisotopic (exact) mass is 476 g/mol. The Morgan fingerprint density at radius 2 is 1.79 bits per heavy atom. The maximum Gasteiger partial charge on any atom is 0.417 e. The number of anilines is 2. The van der Waals surface area contributed by atoms with E-state index in [9.17, 15) is 18.0 Å². The van der Waals surface area contributed by atoms with E-state index in [2.05, 4.69) is 10.4 Å². The standard InChI is InChI=1S/C23H20ClF3N4O2/c1-30(21-18(24)12-16(14-28-21)23(25,26)27)29-22(32)20-13-19(15-8-4-2-5-9-15)31(33-20)17-10-6-3-7-11-17/h2-12,14,19-20H,13H2,1H3,(H,29,32)/t19-,20+/m1/s1. The van der Waals surface area contributed by atoms with Crippen molar-refractivity contribution in [3.63, 3.8) is 0 Å². The van der Waals surface area contributed by atoms with Crippen LogP contribution in [0.1, 0.15) is 23.6 Å². The summed E-state index contributed by atoms with van der Waals surface area (Å²) in [6.45, 7) is 0. The van der Waals surface area contributed by atoms with Gasteiger partial charge in [-0.1, -0.05) is 60.1 Å². The van der Waals surface area contributed by atoms with Crippen LogP contribution >= 0.6 is 11.6 Å². The largest absolute Gasteiger partial charge is 0.417 e. The summed E-state index contributed by atoms with van der Waals surface area (Å²) in [4.78, 5) is 22.7. The molecule has 10 heteroatoms. The molecule has 172 valence electrons. The number of aromatic nitrogens is 1. The van der Waals surface area contributed by atoms with Gasteiger partial charge in [0.25, 0.3) is 5.91 Å². The Hall–Kier alpha value is -3.30. The molecule has 0 aliphatic carbocycles. The van der Waals surface area contributed by atoms with Crippen molar-refractivity contribution in [2.75, 3.05) is 17.1 Å². The highest BCUT2D eigenvalue weighted by atomic mass is 35.5. The first-order chi connectivity index (χ1) is 15.7. The van der Waals surface area contributed by atoms with Gasteiger partial charge in [-0.15, -0.1) is 0 Å². The Morgan fingerprint density at radius 1 is 1.15 bits per heavy atom. The number of amides is 1. The molecule has 0 saturated carbocycles. The fraction of sp³-hybridized carbons (Fsp3) is 0.217. The van der Waals surface area contributed by atoms with Crippen molar-refractivity contribution < 1.29 is 22.8 Å². The molecule has 2 heterocycles. The van der Waals surface area contributed by atoms with E-state index >= 15 is 0 Å². The minimum absolute atomic E-state index is 0.0180. The molecule has 2 atom stereocenters. The van der Waals surface area contributed by atoms with Crippen molar-refractivity contribution >= 4 is 29.0 Å². The normalized spacial score (nSPS) is 18.3. The van der Waals surface area contributed by atoms with E-state index in [0.717, 1.165) is 17.3 Å². The number of para-hydroxylation sites is 1. The van der Waals surface area contributed by atoms with Crippen molar-refractivity contribution in [1.29, 1.82) is 0 Å². The zero-order valence-corrected chi connectivity index (χ0v) is 18.2.